The molecule has 0 unspecified atom stereocenters. The van der Waals surface area contributed by atoms with Crippen molar-refractivity contribution in [3.05, 3.63) is 60.2 Å². The Kier molecular flexibility index (Phi) is 4.22. The Morgan fingerprint density at radius 1 is 0.667 bits per heavy atom. The number of hydrogen-bond donors (Lipinski definition) is 4. The Morgan fingerprint density at radius 2 is 1.12 bits per heavy atom. The van der Waals surface area contributed by atoms with Crippen molar-refractivity contribution in [3.8, 4) is 0 Å². The summed E-state index contributed by atoms with van der Waals surface area (Å²) in [7, 11) is 0. The van der Waals surface area contributed by atoms with Crippen LogP contribution in [0, 0.1) is 0 Å². The number of hydrogen-bond acceptors (Lipinski definition) is 4. The molecule has 0 aliphatic rings. The SMILES string of the molecule is c1ccc2[nH]c(CNCCNCc3nc4ccccc4[nH]3)nc2c1. The maximum absolute atomic E-state index is 4.55. The molecule has 0 saturated carbocycles. The van der Waals surface area contributed by atoms with Gasteiger partial charge >= 0.3 is 0 Å². The van der Waals surface area contributed by atoms with Crippen molar-refractivity contribution >= 4 is 22.1 Å². The number of H-pyrrole nitrogens is 2. The van der Waals surface area contributed by atoms with Crippen LogP contribution in [0.25, 0.3) is 22.1 Å². The number of para-hydroxylation sites is 4. The molecule has 0 amide bonds. The van der Waals surface area contributed by atoms with Crippen LogP contribution >= 0.6 is 0 Å². The van der Waals surface area contributed by atoms with Gasteiger partial charge in [-0.2, -0.15) is 0 Å². The minimum absolute atomic E-state index is 0.737. The van der Waals surface area contributed by atoms with Gasteiger partial charge in [0.05, 0.1) is 35.2 Å². The van der Waals surface area contributed by atoms with Crippen LogP contribution in [0.1, 0.15) is 11.6 Å². The molecule has 2 aromatic carbocycles. The number of imidazole rings is 2. The Bertz CT molecular complexity index is 795. The second kappa shape index (κ2) is 6.82. The van der Waals surface area contributed by atoms with Gasteiger partial charge in [0.15, 0.2) is 0 Å². The van der Waals surface area contributed by atoms with Crippen LogP contribution in [0.5, 0.6) is 0 Å². The summed E-state index contributed by atoms with van der Waals surface area (Å²) < 4.78 is 0. The lowest BCUT2D eigenvalue weighted by atomic mass is 10.3. The van der Waals surface area contributed by atoms with E-state index < -0.39 is 0 Å². The van der Waals surface area contributed by atoms with Crippen molar-refractivity contribution < 1.29 is 0 Å². The van der Waals surface area contributed by atoms with Gasteiger partial charge in [-0.15, -0.1) is 0 Å². The molecular formula is C18H20N6. The van der Waals surface area contributed by atoms with E-state index in [1.54, 1.807) is 0 Å². The molecule has 0 fully saturated rings. The summed E-state index contributed by atoms with van der Waals surface area (Å²) >= 11 is 0. The normalized spacial score (nSPS) is 11.5. The van der Waals surface area contributed by atoms with E-state index in [4.69, 9.17) is 0 Å². The molecule has 0 aliphatic carbocycles. The lowest BCUT2D eigenvalue weighted by Crippen LogP contribution is -2.27. The number of aromatic amines is 2. The third-order valence-corrected chi connectivity index (χ3v) is 3.94. The van der Waals surface area contributed by atoms with Gasteiger partial charge in [0.1, 0.15) is 11.6 Å². The monoisotopic (exact) mass is 320 g/mol. The van der Waals surface area contributed by atoms with E-state index in [9.17, 15) is 0 Å². The second-order valence-corrected chi connectivity index (χ2v) is 5.75. The van der Waals surface area contributed by atoms with E-state index in [1.807, 2.05) is 48.5 Å². The average molecular weight is 320 g/mol. The van der Waals surface area contributed by atoms with Crippen LogP contribution in [0.4, 0.5) is 0 Å². The van der Waals surface area contributed by atoms with Gasteiger partial charge in [-0.1, -0.05) is 24.3 Å². The van der Waals surface area contributed by atoms with Gasteiger partial charge in [-0.3, -0.25) is 0 Å². The Hall–Kier alpha value is -2.70. The van der Waals surface area contributed by atoms with Crippen molar-refractivity contribution in [1.82, 2.24) is 30.6 Å². The smallest absolute Gasteiger partial charge is 0.121 e. The summed E-state index contributed by atoms with van der Waals surface area (Å²) in [6.07, 6.45) is 0. The number of benzene rings is 2. The molecule has 0 atom stereocenters. The fourth-order valence-electron chi connectivity index (χ4n) is 2.77. The van der Waals surface area contributed by atoms with Crippen molar-refractivity contribution in [3.63, 3.8) is 0 Å². The first kappa shape index (κ1) is 14.9. The van der Waals surface area contributed by atoms with Gasteiger partial charge in [-0.25, -0.2) is 9.97 Å². The highest BCUT2D eigenvalue weighted by Gasteiger charge is 2.02. The van der Waals surface area contributed by atoms with E-state index in [-0.39, 0.29) is 0 Å². The lowest BCUT2D eigenvalue weighted by Gasteiger charge is -2.04. The number of aromatic nitrogens is 4. The van der Waals surface area contributed by atoms with E-state index in [0.717, 1.165) is 59.9 Å². The largest absolute Gasteiger partial charge is 0.341 e. The molecule has 6 nitrogen and oxygen atoms in total. The van der Waals surface area contributed by atoms with E-state index in [1.165, 1.54) is 0 Å². The van der Waals surface area contributed by atoms with Crippen LogP contribution < -0.4 is 10.6 Å². The molecule has 122 valence electrons. The first-order valence-electron chi connectivity index (χ1n) is 8.17. The Morgan fingerprint density at radius 3 is 1.58 bits per heavy atom. The third-order valence-electron chi connectivity index (χ3n) is 3.94. The number of nitrogens with zero attached hydrogens (tertiary/aromatic N) is 2. The summed E-state index contributed by atoms with van der Waals surface area (Å²) in [5, 5.41) is 6.78. The Balaban J connectivity index is 1.20. The first-order chi connectivity index (χ1) is 11.9. The molecule has 4 aromatic rings. The van der Waals surface area contributed by atoms with E-state index in [0.29, 0.717) is 0 Å². The molecule has 2 heterocycles. The summed E-state index contributed by atoms with van der Waals surface area (Å²) in [4.78, 5) is 15.7. The molecular weight excluding hydrogens is 300 g/mol. The van der Waals surface area contributed by atoms with Gasteiger partial charge in [0.25, 0.3) is 0 Å². The Labute approximate surface area is 139 Å². The minimum Gasteiger partial charge on any atom is -0.341 e. The van der Waals surface area contributed by atoms with Gasteiger partial charge in [-0.05, 0) is 24.3 Å². The molecule has 4 N–H and O–H groups in total. The van der Waals surface area contributed by atoms with Gasteiger partial charge in [0, 0.05) is 13.1 Å². The quantitative estimate of drug-likeness (QED) is 0.394. The minimum atomic E-state index is 0.737. The maximum atomic E-state index is 4.55. The van der Waals surface area contributed by atoms with Crippen LogP contribution in [0.15, 0.2) is 48.5 Å². The fraction of sp³-hybridized carbons (Fsp3) is 0.222. The molecule has 0 aliphatic heterocycles. The molecule has 0 bridgehead atoms. The summed E-state index contributed by atoms with van der Waals surface area (Å²) in [6.45, 7) is 3.22. The zero-order chi connectivity index (χ0) is 16.2. The number of fused-ring (bicyclic) bond motifs is 2. The summed E-state index contributed by atoms with van der Waals surface area (Å²) in [5.41, 5.74) is 4.18. The fourth-order valence-corrected chi connectivity index (χ4v) is 2.77. The van der Waals surface area contributed by atoms with Gasteiger partial charge in [0.2, 0.25) is 0 Å². The van der Waals surface area contributed by atoms with Crippen molar-refractivity contribution in [2.75, 3.05) is 13.1 Å². The topological polar surface area (TPSA) is 81.4 Å². The highest BCUT2D eigenvalue weighted by atomic mass is 15.0. The van der Waals surface area contributed by atoms with Crippen LogP contribution in [-0.4, -0.2) is 33.0 Å². The molecule has 6 heteroatoms. The van der Waals surface area contributed by atoms with E-state index in [2.05, 4.69) is 30.6 Å². The molecule has 0 saturated heterocycles. The van der Waals surface area contributed by atoms with Crippen LogP contribution in [0.3, 0.4) is 0 Å². The zero-order valence-corrected chi connectivity index (χ0v) is 13.3. The highest BCUT2D eigenvalue weighted by molar-refractivity contribution is 5.75. The van der Waals surface area contributed by atoms with Crippen molar-refractivity contribution in [2.24, 2.45) is 0 Å². The van der Waals surface area contributed by atoms with Crippen LogP contribution in [0.2, 0.25) is 0 Å². The standard InChI is InChI=1S/C18H20N6/c1-2-6-14-13(5-1)21-17(22-14)11-19-9-10-20-12-18-23-15-7-3-4-8-16(15)24-18/h1-8,19-20H,9-12H2,(H,21,22)(H,23,24). The van der Waals surface area contributed by atoms with E-state index >= 15 is 0 Å². The molecule has 4 rings (SSSR count). The molecule has 0 radical (unpaired) electrons. The molecule has 24 heavy (non-hydrogen) atoms. The van der Waals surface area contributed by atoms with Crippen molar-refractivity contribution in [2.45, 2.75) is 13.1 Å². The predicted octanol–water partition coefficient (Wildman–Crippen LogP) is 2.32. The highest BCUT2D eigenvalue weighted by Crippen LogP contribution is 2.10. The summed E-state index contributed by atoms with van der Waals surface area (Å²) in [5.74, 6) is 1.93. The molecule has 2 aromatic heterocycles. The van der Waals surface area contributed by atoms with Crippen molar-refractivity contribution in [1.29, 1.82) is 0 Å². The lowest BCUT2D eigenvalue weighted by molar-refractivity contribution is 0.594. The predicted molar refractivity (Wildman–Crippen MR) is 95.6 cm³/mol. The third kappa shape index (κ3) is 3.29. The number of nitrogens with one attached hydrogen (secondary N) is 4. The number of rotatable bonds is 7. The molecule has 0 spiro atoms. The first-order valence-corrected chi connectivity index (χ1v) is 8.17. The summed E-state index contributed by atoms with van der Waals surface area (Å²) in [6, 6.07) is 16.2. The van der Waals surface area contributed by atoms with Crippen LogP contribution in [-0.2, 0) is 13.1 Å². The maximum Gasteiger partial charge on any atom is 0.121 e. The van der Waals surface area contributed by atoms with Gasteiger partial charge < -0.3 is 20.6 Å². The second-order valence-electron chi connectivity index (χ2n) is 5.75. The average Bonchev–Trinajstić information content (AvgIpc) is 3.20. The zero-order valence-electron chi connectivity index (χ0n) is 13.3.